The second-order valence-electron chi connectivity index (χ2n) is 4.66. The van der Waals surface area contributed by atoms with Gasteiger partial charge in [-0.15, -0.1) is 6.58 Å². The van der Waals surface area contributed by atoms with Crippen molar-refractivity contribution < 1.29 is 4.79 Å². The molecule has 0 aromatic heterocycles. The van der Waals surface area contributed by atoms with Crippen LogP contribution < -0.4 is 5.73 Å². The second-order valence-corrected chi connectivity index (χ2v) is 4.66. The molecule has 0 aliphatic carbocycles. The van der Waals surface area contributed by atoms with E-state index in [1.165, 1.54) is 12.8 Å². The Balaban J connectivity index is 2.47. The number of hydrogen-bond acceptors (Lipinski definition) is 2. The van der Waals surface area contributed by atoms with Gasteiger partial charge < -0.3 is 10.6 Å². The first-order valence-electron chi connectivity index (χ1n) is 6.34. The average Bonchev–Trinajstić information content (AvgIpc) is 2.53. The fourth-order valence-corrected chi connectivity index (χ4v) is 2.31. The average molecular weight is 224 g/mol. The number of amides is 1. The summed E-state index contributed by atoms with van der Waals surface area (Å²) >= 11 is 0. The first-order valence-corrected chi connectivity index (χ1v) is 6.34. The zero-order chi connectivity index (χ0) is 12.0. The number of nitrogens with zero attached hydrogens (tertiary/aromatic N) is 1. The molecule has 0 bridgehead atoms. The number of likely N-dealkylation sites (tertiary alicyclic amines) is 1. The molecule has 1 amide bonds. The van der Waals surface area contributed by atoms with Crippen LogP contribution in [-0.2, 0) is 4.79 Å². The monoisotopic (exact) mass is 224 g/mol. The minimum absolute atomic E-state index is 0.0941. The van der Waals surface area contributed by atoms with E-state index in [4.69, 9.17) is 5.73 Å². The number of hydrogen-bond donors (Lipinski definition) is 1. The molecule has 1 aliphatic heterocycles. The molecule has 0 aromatic carbocycles. The summed E-state index contributed by atoms with van der Waals surface area (Å²) in [5.74, 6) is 0.880. The third-order valence-corrected chi connectivity index (χ3v) is 3.47. The van der Waals surface area contributed by atoms with Crippen LogP contribution in [0.1, 0.15) is 39.0 Å². The standard InChI is InChI=1S/C13H24N2O/c1-3-6-12(14)13(16)15-9-5-7-11(4-2)8-10-15/h3,11-12H,1,4-10,14H2,2H3. The lowest BCUT2D eigenvalue weighted by molar-refractivity contribution is -0.132. The molecule has 1 saturated heterocycles. The van der Waals surface area contributed by atoms with Gasteiger partial charge in [0, 0.05) is 13.1 Å². The van der Waals surface area contributed by atoms with Gasteiger partial charge in [0.25, 0.3) is 0 Å². The predicted molar refractivity (Wildman–Crippen MR) is 67.0 cm³/mol. The molecule has 16 heavy (non-hydrogen) atoms. The van der Waals surface area contributed by atoms with Crippen LogP contribution in [0.15, 0.2) is 12.7 Å². The van der Waals surface area contributed by atoms with Gasteiger partial charge in [-0.25, -0.2) is 0 Å². The highest BCUT2D eigenvalue weighted by molar-refractivity contribution is 5.81. The minimum Gasteiger partial charge on any atom is -0.341 e. The first-order chi connectivity index (χ1) is 7.69. The van der Waals surface area contributed by atoms with Crippen LogP contribution in [0.5, 0.6) is 0 Å². The molecule has 2 atom stereocenters. The lowest BCUT2D eigenvalue weighted by atomic mass is 9.98. The summed E-state index contributed by atoms with van der Waals surface area (Å²) in [6, 6.07) is -0.393. The van der Waals surface area contributed by atoms with Crippen LogP contribution in [-0.4, -0.2) is 29.9 Å². The Morgan fingerprint density at radius 1 is 1.56 bits per heavy atom. The summed E-state index contributed by atoms with van der Waals surface area (Å²) in [5.41, 5.74) is 5.81. The molecule has 1 heterocycles. The molecule has 0 spiro atoms. The summed E-state index contributed by atoms with van der Waals surface area (Å²) in [4.78, 5) is 13.9. The molecule has 3 nitrogen and oxygen atoms in total. The van der Waals surface area contributed by atoms with Crippen LogP contribution in [0.4, 0.5) is 0 Å². The number of rotatable bonds is 4. The van der Waals surface area contributed by atoms with Crippen molar-refractivity contribution in [3.8, 4) is 0 Å². The lowest BCUT2D eigenvalue weighted by Crippen LogP contribution is -2.44. The van der Waals surface area contributed by atoms with Crippen molar-refractivity contribution in [1.29, 1.82) is 0 Å². The van der Waals surface area contributed by atoms with E-state index in [0.29, 0.717) is 6.42 Å². The van der Waals surface area contributed by atoms with E-state index >= 15 is 0 Å². The fraction of sp³-hybridized carbons (Fsp3) is 0.769. The van der Waals surface area contributed by atoms with Gasteiger partial charge in [-0.1, -0.05) is 19.4 Å². The highest BCUT2D eigenvalue weighted by Crippen LogP contribution is 2.20. The zero-order valence-corrected chi connectivity index (χ0v) is 10.3. The van der Waals surface area contributed by atoms with Gasteiger partial charge in [0.1, 0.15) is 0 Å². The van der Waals surface area contributed by atoms with Crippen molar-refractivity contribution in [3.05, 3.63) is 12.7 Å². The fourth-order valence-electron chi connectivity index (χ4n) is 2.31. The quantitative estimate of drug-likeness (QED) is 0.742. The van der Waals surface area contributed by atoms with E-state index in [2.05, 4.69) is 13.5 Å². The van der Waals surface area contributed by atoms with Crippen molar-refractivity contribution in [2.45, 2.75) is 45.1 Å². The molecule has 92 valence electrons. The third kappa shape index (κ3) is 3.63. The van der Waals surface area contributed by atoms with Gasteiger partial charge in [-0.3, -0.25) is 4.79 Å². The number of nitrogens with two attached hydrogens (primary N) is 1. The second kappa shape index (κ2) is 6.69. The Morgan fingerprint density at radius 3 is 2.94 bits per heavy atom. The molecule has 3 heteroatoms. The van der Waals surface area contributed by atoms with Gasteiger partial charge in [-0.05, 0) is 31.6 Å². The van der Waals surface area contributed by atoms with Gasteiger partial charge >= 0.3 is 0 Å². The van der Waals surface area contributed by atoms with Crippen molar-refractivity contribution in [1.82, 2.24) is 4.90 Å². The van der Waals surface area contributed by atoms with Gasteiger partial charge in [0.15, 0.2) is 0 Å². The maximum absolute atomic E-state index is 12.0. The highest BCUT2D eigenvalue weighted by atomic mass is 16.2. The summed E-state index contributed by atoms with van der Waals surface area (Å²) in [5, 5.41) is 0. The van der Waals surface area contributed by atoms with Crippen LogP contribution in [0, 0.1) is 5.92 Å². The van der Waals surface area contributed by atoms with Crippen molar-refractivity contribution in [2.75, 3.05) is 13.1 Å². The van der Waals surface area contributed by atoms with Gasteiger partial charge in [-0.2, -0.15) is 0 Å². The molecular weight excluding hydrogens is 200 g/mol. The van der Waals surface area contributed by atoms with Crippen molar-refractivity contribution in [3.63, 3.8) is 0 Å². The van der Waals surface area contributed by atoms with Crippen molar-refractivity contribution >= 4 is 5.91 Å². The van der Waals surface area contributed by atoms with E-state index in [-0.39, 0.29) is 5.91 Å². The highest BCUT2D eigenvalue weighted by Gasteiger charge is 2.23. The molecule has 1 aliphatic rings. The van der Waals surface area contributed by atoms with Gasteiger partial charge in [0.2, 0.25) is 5.91 Å². The Hall–Kier alpha value is -0.830. The molecule has 0 saturated carbocycles. The molecule has 2 N–H and O–H groups in total. The van der Waals surface area contributed by atoms with E-state index in [9.17, 15) is 4.79 Å². The maximum Gasteiger partial charge on any atom is 0.239 e. The minimum atomic E-state index is -0.393. The van der Waals surface area contributed by atoms with E-state index < -0.39 is 6.04 Å². The normalized spacial score (nSPS) is 23.6. The first kappa shape index (κ1) is 13.2. The van der Waals surface area contributed by atoms with Crippen molar-refractivity contribution in [2.24, 2.45) is 11.7 Å². The Labute approximate surface area is 98.7 Å². The zero-order valence-electron chi connectivity index (χ0n) is 10.3. The number of carbonyl (C=O) groups is 1. The van der Waals surface area contributed by atoms with E-state index in [1.54, 1.807) is 6.08 Å². The summed E-state index contributed by atoms with van der Waals surface area (Å²) in [6.45, 7) is 7.60. The van der Waals surface area contributed by atoms with Gasteiger partial charge in [0.05, 0.1) is 6.04 Å². The lowest BCUT2D eigenvalue weighted by Gasteiger charge is -2.23. The smallest absolute Gasteiger partial charge is 0.239 e. The Kier molecular flexibility index (Phi) is 5.53. The summed E-state index contributed by atoms with van der Waals surface area (Å²) < 4.78 is 0. The topological polar surface area (TPSA) is 46.3 Å². The number of carbonyl (C=O) groups excluding carboxylic acids is 1. The van der Waals surface area contributed by atoms with E-state index in [0.717, 1.165) is 31.8 Å². The van der Waals surface area contributed by atoms with E-state index in [1.807, 2.05) is 4.90 Å². The molecule has 1 fully saturated rings. The molecule has 2 unspecified atom stereocenters. The Bertz CT molecular complexity index is 240. The van der Waals surface area contributed by atoms with Crippen LogP contribution in [0.2, 0.25) is 0 Å². The molecule has 0 aromatic rings. The molecule has 1 rings (SSSR count). The predicted octanol–water partition coefficient (Wildman–Crippen LogP) is 1.93. The summed E-state index contributed by atoms with van der Waals surface area (Å²) in [7, 11) is 0. The Morgan fingerprint density at radius 2 is 2.31 bits per heavy atom. The maximum atomic E-state index is 12.0. The molecule has 0 radical (unpaired) electrons. The van der Waals surface area contributed by atoms with Crippen LogP contribution in [0.3, 0.4) is 0 Å². The summed E-state index contributed by atoms with van der Waals surface area (Å²) in [6.07, 6.45) is 7.01. The largest absolute Gasteiger partial charge is 0.341 e. The third-order valence-electron chi connectivity index (χ3n) is 3.47. The van der Waals surface area contributed by atoms with Crippen LogP contribution in [0.25, 0.3) is 0 Å². The molecular formula is C13H24N2O. The van der Waals surface area contributed by atoms with Crippen LogP contribution >= 0.6 is 0 Å². The SMILES string of the molecule is C=CCC(N)C(=O)N1CCCC(CC)CC1.